The van der Waals surface area contributed by atoms with E-state index in [2.05, 4.69) is 9.97 Å². The Morgan fingerprint density at radius 1 is 1.14 bits per heavy atom. The molecule has 2 rings (SSSR count). The van der Waals surface area contributed by atoms with Gasteiger partial charge in [0.05, 0.1) is 6.17 Å². The number of aromatic amines is 2. The Morgan fingerprint density at radius 3 is 2.43 bits per heavy atom. The monoisotopic (exact) mass is 196 g/mol. The van der Waals surface area contributed by atoms with Gasteiger partial charge in [-0.1, -0.05) is 0 Å². The first-order chi connectivity index (χ1) is 6.52. The topological polar surface area (TPSA) is 72.2 Å². The quantitative estimate of drug-likeness (QED) is 0.575. The number of rotatable bonds is 0. The van der Waals surface area contributed by atoms with Crippen molar-refractivity contribution in [3.05, 3.63) is 20.8 Å². The lowest BCUT2D eigenvalue weighted by Gasteiger charge is -2.22. The number of nitrogens with one attached hydrogen (secondary N) is 2. The summed E-state index contributed by atoms with van der Waals surface area (Å²) >= 11 is 0. The molecule has 0 amide bonds. The van der Waals surface area contributed by atoms with Crippen molar-refractivity contribution < 1.29 is 0 Å². The summed E-state index contributed by atoms with van der Waals surface area (Å²) in [6.45, 7) is 1.96. The van der Waals surface area contributed by atoms with Crippen LogP contribution in [0.3, 0.4) is 0 Å². The molecule has 1 aromatic heterocycles. The molecule has 0 aromatic carbocycles. The summed E-state index contributed by atoms with van der Waals surface area (Å²) in [5, 5.41) is 0. The zero-order chi connectivity index (χ0) is 10.5. The standard InChI is InChI=1S/C8H12N4O2/c1-4-11(2)5-6(12(4)3)9-8(14)10-7(5)13/h4H,1-3H3,(H2,9,10,13,14). The molecule has 2 heterocycles. The van der Waals surface area contributed by atoms with Gasteiger partial charge in [0.25, 0.3) is 5.56 Å². The van der Waals surface area contributed by atoms with Gasteiger partial charge in [0.1, 0.15) is 11.5 Å². The van der Waals surface area contributed by atoms with E-state index in [0.717, 1.165) is 0 Å². The number of anilines is 2. The van der Waals surface area contributed by atoms with E-state index in [1.54, 1.807) is 0 Å². The smallest absolute Gasteiger partial charge is 0.327 e. The second kappa shape index (κ2) is 2.63. The van der Waals surface area contributed by atoms with E-state index in [1.807, 2.05) is 30.8 Å². The normalized spacial score (nSPS) is 20.1. The third-order valence-corrected chi connectivity index (χ3v) is 2.72. The van der Waals surface area contributed by atoms with Crippen molar-refractivity contribution in [2.75, 3.05) is 23.9 Å². The van der Waals surface area contributed by atoms with Gasteiger partial charge in [0.2, 0.25) is 0 Å². The Bertz CT molecular complexity index is 475. The predicted molar refractivity (Wildman–Crippen MR) is 54.0 cm³/mol. The molecular weight excluding hydrogens is 184 g/mol. The van der Waals surface area contributed by atoms with Gasteiger partial charge in [-0.05, 0) is 6.92 Å². The number of hydrogen-bond acceptors (Lipinski definition) is 4. The largest absolute Gasteiger partial charge is 0.347 e. The van der Waals surface area contributed by atoms with Crippen LogP contribution in [-0.2, 0) is 0 Å². The molecule has 1 aromatic rings. The Labute approximate surface area is 80.2 Å². The summed E-state index contributed by atoms with van der Waals surface area (Å²) in [5.41, 5.74) is -0.301. The third kappa shape index (κ3) is 0.966. The maximum absolute atomic E-state index is 11.5. The average Bonchev–Trinajstić information content (AvgIpc) is 2.31. The molecule has 6 nitrogen and oxygen atoms in total. The molecular formula is C8H12N4O2. The van der Waals surface area contributed by atoms with Gasteiger partial charge < -0.3 is 9.80 Å². The highest BCUT2D eigenvalue weighted by Crippen LogP contribution is 2.30. The molecule has 1 unspecified atom stereocenters. The Balaban J connectivity index is 2.76. The molecule has 0 fully saturated rings. The molecule has 0 saturated carbocycles. The fraction of sp³-hybridized carbons (Fsp3) is 0.500. The SMILES string of the molecule is CC1N(C)c2[nH]c(=O)[nH]c(=O)c2N1C. The Kier molecular flexibility index (Phi) is 1.67. The van der Waals surface area contributed by atoms with Crippen molar-refractivity contribution in [1.82, 2.24) is 9.97 Å². The Morgan fingerprint density at radius 2 is 1.79 bits per heavy atom. The lowest BCUT2D eigenvalue weighted by Crippen LogP contribution is -2.36. The van der Waals surface area contributed by atoms with E-state index < -0.39 is 5.69 Å². The lowest BCUT2D eigenvalue weighted by molar-refractivity contribution is 0.705. The third-order valence-electron chi connectivity index (χ3n) is 2.72. The van der Waals surface area contributed by atoms with Crippen LogP contribution in [0.15, 0.2) is 9.59 Å². The van der Waals surface area contributed by atoms with Gasteiger partial charge in [-0.15, -0.1) is 0 Å². The molecule has 6 heteroatoms. The first kappa shape index (κ1) is 8.86. The molecule has 1 atom stereocenters. The van der Waals surface area contributed by atoms with Crippen LogP contribution >= 0.6 is 0 Å². The van der Waals surface area contributed by atoms with E-state index in [-0.39, 0.29) is 11.7 Å². The van der Waals surface area contributed by atoms with Crippen molar-refractivity contribution >= 4 is 11.5 Å². The molecule has 1 aliphatic rings. The van der Waals surface area contributed by atoms with Crippen molar-refractivity contribution in [2.24, 2.45) is 0 Å². The van der Waals surface area contributed by atoms with Crippen LogP contribution in [0.5, 0.6) is 0 Å². The Hall–Kier alpha value is -1.72. The molecule has 76 valence electrons. The molecule has 0 bridgehead atoms. The number of hydrogen-bond donors (Lipinski definition) is 2. The highest BCUT2D eigenvalue weighted by molar-refractivity contribution is 5.71. The van der Waals surface area contributed by atoms with E-state index in [4.69, 9.17) is 0 Å². The van der Waals surface area contributed by atoms with E-state index >= 15 is 0 Å². The van der Waals surface area contributed by atoms with Gasteiger partial charge in [0, 0.05) is 14.1 Å². The minimum atomic E-state index is -0.469. The van der Waals surface area contributed by atoms with E-state index in [0.29, 0.717) is 11.5 Å². The van der Waals surface area contributed by atoms with Crippen LogP contribution in [0, 0.1) is 0 Å². The fourth-order valence-corrected chi connectivity index (χ4v) is 1.68. The first-order valence-electron chi connectivity index (χ1n) is 4.34. The highest BCUT2D eigenvalue weighted by atomic mass is 16.2. The summed E-state index contributed by atoms with van der Waals surface area (Å²) < 4.78 is 0. The van der Waals surface area contributed by atoms with Crippen LogP contribution < -0.4 is 21.0 Å². The van der Waals surface area contributed by atoms with Gasteiger partial charge in [-0.2, -0.15) is 0 Å². The van der Waals surface area contributed by atoms with Crippen molar-refractivity contribution in [2.45, 2.75) is 13.1 Å². The molecule has 14 heavy (non-hydrogen) atoms. The maximum Gasteiger partial charge on any atom is 0.327 e. The lowest BCUT2D eigenvalue weighted by atomic mass is 10.4. The molecule has 0 saturated heterocycles. The summed E-state index contributed by atoms with van der Waals surface area (Å²) in [7, 11) is 3.66. The second-order valence-electron chi connectivity index (χ2n) is 3.46. The van der Waals surface area contributed by atoms with E-state index in [1.165, 1.54) is 0 Å². The van der Waals surface area contributed by atoms with Crippen LogP contribution in [0.1, 0.15) is 6.92 Å². The van der Waals surface area contributed by atoms with Crippen molar-refractivity contribution in [3.63, 3.8) is 0 Å². The van der Waals surface area contributed by atoms with Gasteiger partial charge >= 0.3 is 5.69 Å². The molecule has 1 aliphatic heterocycles. The van der Waals surface area contributed by atoms with Crippen LogP contribution in [0.4, 0.5) is 11.5 Å². The zero-order valence-electron chi connectivity index (χ0n) is 8.29. The molecule has 0 radical (unpaired) electrons. The molecule has 2 N–H and O–H groups in total. The van der Waals surface area contributed by atoms with Crippen LogP contribution in [0.25, 0.3) is 0 Å². The summed E-state index contributed by atoms with van der Waals surface area (Å²) in [6.07, 6.45) is 0.0733. The second-order valence-corrected chi connectivity index (χ2v) is 3.46. The van der Waals surface area contributed by atoms with Gasteiger partial charge in [-0.3, -0.25) is 14.8 Å². The average molecular weight is 196 g/mol. The highest BCUT2D eigenvalue weighted by Gasteiger charge is 2.31. The van der Waals surface area contributed by atoms with Gasteiger partial charge in [-0.25, -0.2) is 4.79 Å². The number of fused-ring (bicyclic) bond motifs is 1. The van der Waals surface area contributed by atoms with Gasteiger partial charge in [0.15, 0.2) is 0 Å². The minimum absolute atomic E-state index is 0.0733. The number of aromatic nitrogens is 2. The number of H-pyrrole nitrogens is 2. The summed E-state index contributed by atoms with van der Waals surface area (Å²) in [4.78, 5) is 31.0. The van der Waals surface area contributed by atoms with Crippen molar-refractivity contribution in [1.29, 1.82) is 0 Å². The molecule has 0 spiro atoms. The molecule has 0 aliphatic carbocycles. The van der Waals surface area contributed by atoms with E-state index in [9.17, 15) is 9.59 Å². The zero-order valence-corrected chi connectivity index (χ0v) is 8.29. The predicted octanol–water partition coefficient (Wildman–Crippen LogP) is -0.705. The number of nitrogens with zero attached hydrogens (tertiary/aromatic N) is 2. The van der Waals surface area contributed by atoms with Crippen LogP contribution in [-0.4, -0.2) is 30.2 Å². The minimum Gasteiger partial charge on any atom is -0.347 e. The van der Waals surface area contributed by atoms with Crippen molar-refractivity contribution in [3.8, 4) is 0 Å². The fourth-order valence-electron chi connectivity index (χ4n) is 1.68. The summed E-state index contributed by atoms with van der Waals surface area (Å²) in [5.74, 6) is 0.578. The van der Waals surface area contributed by atoms with Crippen LogP contribution in [0.2, 0.25) is 0 Å². The maximum atomic E-state index is 11.5. The first-order valence-corrected chi connectivity index (χ1v) is 4.34. The summed E-state index contributed by atoms with van der Waals surface area (Å²) in [6, 6.07) is 0.